The van der Waals surface area contributed by atoms with Crippen molar-refractivity contribution in [1.29, 1.82) is 0 Å². The van der Waals surface area contributed by atoms with Crippen LogP contribution in [0, 0.1) is 11.8 Å². The molecule has 0 aromatic heterocycles. The number of ketones is 1. The summed E-state index contributed by atoms with van der Waals surface area (Å²) in [4.78, 5) is 11.6. The van der Waals surface area contributed by atoms with E-state index in [0.29, 0.717) is 17.6 Å². The zero-order valence-electron chi connectivity index (χ0n) is 9.01. The summed E-state index contributed by atoms with van der Waals surface area (Å²) in [6, 6.07) is 0. The smallest absolute Gasteiger partial charge is 0.135 e. The van der Waals surface area contributed by atoms with Gasteiger partial charge in [0, 0.05) is 12.3 Å². The summed E-state index contributed by atoms with van der Waals surface area (Å²) < 4.78 is 0. The van der Waals surface area contributed by atoms with E-state index in [1.54, 1.807) is 0 Å². The Balaban J connectivity index is 2.45. The van der Waals surface area contributed by atoms with Gasteiger partial charge < -0.3 is 0 Å². The van der Waals surface area contributed by atoms with Crippen LogP contribution in [0.5, 0.6) is 0 Å². The van der Waals surface area contributed by atoms with E-state index in [0.717, 1.165) is 12.8 Å². The number of Topliss-reactive ketones (excluding diaryl/α,β-unsaturated/α-hetero) is 1. The summed E-state index contributed by atoms with van der Waals surface area (Å²) in [7, 11) is 0. The van der Waals surface area contributed by atoms with E-state index >= 15 is 0 Å². The van der Waals surface area contributed by atoms with E-state index in [1.807, 2.05) is 0 Å². The van der Waals surface area contributed by atoms with E-state index in [4.69, 9.17) is 0 Å². The predicted octanol–water partition coefficient (Wildman–Crippen LogP) is 3.57. The van der Waals surface area contributed by atoms with Gasteiger partial charge in [-0.15, -0.1) is 0 Å². The molecule has 1 heteroatoms. The lowest BCUT2D eigenvalue weighted by molar-refractivity contribution is -0.124. The zero-order chi connectivity index (χ0) is 9.68. The van der Waals surface area contributed by atoms with Gasteiger partial charge in [-0.25, -0.2) is 0 Å². The number of carbonyl (C=O) groups is 1. The molecule has 0 saturated heterocycles. The predicted molar refractivity (Wildman–Crippen MR) is 55.7 cm³/mol. The molecule has 2 unspecified atom stereocenters. The maximum absolute atomic E-state index is 11.6. The zero-order valence-corrected chi connectivity index (χ0v) is 9.01. The summed E-state index contributed by atoms with van der Waals surface area (Å²) in [5.41, 5.74) is 0. The SMILES string of the molecule is CC1CCCCCCCC(=O)C1C. The Bertz CT molecular complexity index is 163. The molecule has 0 heterocycles. The largest absolute Gasteiger partial charge is 0.299 e. The highest BCUT2D eigenvalue weighted by Crippen LogP contribution is 2.23. The number of carbonyl (C=O) groups excluding carboxylic acids is 1. The third-order valence-corrected chi connectivity index (χ3v) is 3.44. The van der Waals surface area contributed by atoms with Crippen molar-refractivity contribution in [1.82, 2.24) is 0 Å². The van der Waals surface area contributed by atoms with Crippen molar-refractivity contribution >= 4 is 5.78 Å². The first-order valence-corrected chi connectivity index (χ1v) is 5.74. The standard InChI is InChI=1S/C12H22O/c1-10-8-6-4-3-5-7-9-12(13)11(10)2/h10-11H,3-9H2,1-2H3. The van der Waals surface area contributed by atoms with Gasteiger partial charge >= 0.3 is 0 Å². The molecule has 1 nitrogen and oxygen atoms in total. The van der Waals surface area contributed by atoms with Crippen molar-refractivity contribution in [3.8, 4) is 0 Å². The molecular formula is C12H22O. The van der Waals surface area contributed by atoms with Gasteiger partial charge in [0.05, 0.1) is 0 Å². The van der Waals surface area contributed by atoms with Crippen molar-refractivity contribution < 1.29 is 4.79 Å². The third kappa shape index (κ3) is 3.50. The van der Waals surface area contributed by atoms with E-state index in [1.165, 1.54) is 32.1 Å². The fraction of sp³-hybridized carbons (Fsp3) is 0.917. The fourth-order valence-electron chi connectivity index (χ4n) is 2.09. The number of rotatable bonds is 0. The fourth-order valence-corrected chi connectivity index (χ4v) is 2.09. The van der Waals surface area contributed by atoms with Crippen LogP contribution in [0.2, 0.25) is 0 Å². The van der Waals surface area contributed by atoms with Gasteiger partial charge in [-0.3, -0.25) is 4.79 Å². The Kier molecular flexibility index (Phi) is 4.47. The summed E-state index contributed by atoms with van der Waals surface area (Å²) in [6.07, 6.45) is 8.46. The van der Waals surface area contributed by atoms with Crippen LogP contribution in [0.1, 0.15) is 58.8 Å². The molecule has 76 valence electrons. The van der Waals surface area contributed by atoms with E-state index in [2.05, 4.69) is 13.8 Å². The maximum atomic E-state index is 11.6. The average Bonchev–Trinajstić information content (AvgIpc) is 2.13. The molecule has 0 aromatic rings. The highest BCUT2D eigenvalue weighted by atomic mass is 16.1. The first-order valence-electron chi connectivity index (χ1n) is 5.74. The van der Waals surface area contributed by atoms with Gasteiger partial charge in [-0.2, -0.15) is 0 Å². The first kappa shape index (κ1) is 10.7. The van der Waals surface area contributed by atoms with Gasteiger partial charge in [0.2, 0.25) is 0 Å². The second-order valence-corrected chi connectivity index (χ2v) is 4.54. The Morgan fingerprint density at radius 2 is 1.62 bits per heavy atom. The van der Waals surface area contributed by atoms with Crippen LogP contribution in [0.4, 0.5) is 0 Å². The van der Waals surface area contributed by atoms with Crippen LogP contribution >= 0.6 is 0 Å². The minimum Gasteiger partial charge on any atom is -0.299 e. The van der Waals surface area contributed by atoms with Gasteiger partial charge in [-0.1, -0.05) is 46.0 Å². The van der Waals surface area contributed by atoms with Crippen molar-refractivity contribution in [3.63, 3.8) is 0 Å². The molecule has 0 amide bonds. The lowest BCUT2D eigenvalue weighted by atomic mass is 9.84. The molecule has 0 bridgehead atoms. The van der Waals surface area contributed by atoms with Crippen LogP contribution in [-0.2, 0) is 4.79 Å². The summed E-state index contributed by atoms with van der Waals surface area (Å²) in [5, 5.41) is 0. The highest BCUT2D eigenvalue weighted by molar-refractivity contribution is 5.80. The van der Waals surface area contributed by atoms with Gasteiger partial charge in [-0.05, 0) is 12.3 Å². The second-order valence-electron chi connectivity index (χ2n) is 4.54. The minimum atomic E-state index is 0.304. The molecular weight excluding hydrogens is 160 g/mol. The molecule has 1 rings (SSSR count). The van der Waals surface area contributed by atoms with Crippen LogP contribution < -0.4 is 0 Å². The minimum absolute atomic E-state index is 0.304. The Morgan fingerprint density at radius 1 is 1.00 bits per heavy atom. The molecule has 0 N–H and O–H groups in total. The lowest BCUT2D eigenvalue weighted by Gasteiger charge is -2.20. The first-order chi connectivity index (χ1) is 6.22. The average molecular weight is 182 g/mol. The lowest BCUT2D eigenvalue weighted by Crippen LogP contribution is -2.19. The molecule has 1 saturated carbocycles. The molecule has 0 spiro atoms. The van der Waals surface area contributed by atoms with E-state index in [-0.39, 0.29) is 0 Å². The van der Waals surface area contributed by atoms with Gasteiger partial charge in [0.1, 0.15) is 5.78 Å². The number of hydrogen-bond acceptors (Lipinski definition) is 1. The Hall–Kier alpha value is -0.330. The molecule has 0 aliphatic heterocycles. The monoisotopic (exact) mass is 182 g/mol. The molecule has 13 heavy (non-hydrogen) atoms. The van der Waals surface area contributed by atoms with Crippen molar-refractivity contribution in [2.45, 2.75) is 58.8 Å². The highest BCUT2D eigenvalue weighted by Gasteiger charge is 2.19. The Labute approximate surface area is 81.9 Å². The molecule has 1 aliphatic carbocycles. The van der Waals surface area contributed by atoms with Crippen LogP contribution in [0.15, 0.2) is 0 Å². The van der Waals surface area contributed by atoms with Crippen LogP contribution in [0.3, 0.4) is 0 Å². The molecule has 2 atom stereocenters. The normalized spacial score (nSPS) is 32.9. The van der Waals surface area contributed by atoms with Gasteiger partial charge in [0.15, 0.2) is 0 Å². The summed E-state index contributed by atoms with van der Waals surface area (Å²) in [5.74, 6) is 1.40. The molecule has 0 radical (unpaired) electrons. The number of hydrogen-bond donors (Lipinski definition) is 0. The second kappa shape index (κ2) is 5.41. The summed E-state index contributed by atoms with van der Waals surface area (Å²) >= 11 is 0. The van der Waals surface area contributed by atoms with E-state index in [9.17, 15) is 4.79 Å². The summed E-state index contributed by atoms with van der Waals surface area (Å²) in [6.45, 7) is 4.33. The Morgan fingerprint density at radius 3 is 2.38 bits per heavy atom. The molecule has 0 aromatic carbocycles. The maximum Gasteiger partial charge on any atom is 0.135 e. The van der Waals surface area contributed by atoms with E-state index < -0.39 is 0 Å². The van der Waals surface area contributed by atoms with Crippen LogP contribution in [0.25, 0.3) is 0 Å². The van der Waals surface area contributed by atoms with Gasteiger partial charge in [0.25, 0.3) is 0 Å². The molecule has 1 fully saturated rings. The topological polar surface area (TPSA) is 17.1 Å². The molecule has 1 aliphatic rings. The van der Waals surface area contributed by atoms with Crippen molar-refractivity contribution in [3.05, 3.63) is 0 Å². The van der Waals surface area contributed by atoms with Crippen molar-refractivity contribution in [2.75, 3.05) is 0 Å². The third-order valence-electron chi connectivity index (χ3n) is 3.44. The van der Waals surface area contributed by atoms with Crippen LogP contribution in [-0.4, -0.2) is 5.78 Å². The van der Waals surface area contributed by atoms with Crippen molar-refractivity contribution in [2.24, 2.45) is 11.8 Å². The quantitative estimate of drug-likeness (QED) is 0.559.